The van der Waals surface area contributed by atoms with E-state index in [1.54, 1.807) is 13.8 Å². The van der Waals surface area contributed by atoms with Crippen molar-refractivity contribution in [2.45, 2.75) is 57.3 Å². The minimum absolute atomic E-state index is 0.0383. The number of primary amides is 2. The van der Waals surface area contributed by atoms with Gasteiger partial charge in [0, 0.05) is 6.42 Å². The van der Waals surface area contributed by atoms with Crippen LogP contribution in [0.5, 0.6) is 5.75 Å². The van der Waals surface area contributed by atoms with E-state index in [0.29, 0.717) is 5.56 Å². The van der Waals surface area contributed by atoms with Crippen LogP contribution in [0.4, 0.5) is 0 Å². The van der Waals surface area contributed by atoms with Crippen LogP contribution in [-0.4, -0.2) is 69.9 Å². The van der Waals surface area contributed by atoms with Gasteiger partial charge in [-0.05, 0) is 23.6 Å². The van der Waals surface area contributed by atoms with Crippen LogP contribution in [0, 0.1) is 5.92 Å². The van der Waals surface area contributed by atoms with E-state index in [-0.39, 0.29) is 12.2 Å². The molecule has 198 valence electrons. The van der Waals surface area contributed by atoms with Gasteiger partial charge in [-0.15, -0.1) is 0 Å². The predicted octanol–water partition coefficient (Wildman–Crippen LogP) is -2.79. The zero-order valence-electron chi connectivity index (χ0n) is 19.9. The summed E-state index contributed by atoms with van der Waals surface area (Å²) in [6.07, 6.45) is -1.27. The molecule has 0 bridgehead atoms. The number of amides is 5. The molecule has 4 unspecified atom stereocenters. The molecule has 0 aliphatic rings. The Hall–Kier alpha value is -4.20. The van der Waals surface area contributed by atoms with Crippen LogP contribution in [0.15, 0.2) is 24.3 Å². The second-order valence-electron chi connectivity index (χ2n) is 8.51. The van der Waals surface area contributed by atoms with Gasteiger partial charge in [-0.2, -0.15) is 0 Å². The zero-order chi connectivity index (χ0) is 27.6. The SMILES string of the molecule is CC(C)C(NC(=O)C(CC(N)=O)NC(=O)C(Cc1ccc(O)cc1)NC(=O)C(N)CC(N)=O)C(=O)O. The summed E-state index contributed by atoms with van der Waals surface area (Å²) >= 11 is 0. The van der Waals surface area contributed by atoms with Crippen LogP contribution in [-0.2, 0) is 35.2 Å². The Morgan fingerprint density at radius 2 is 1.31 bits per heavy atom. The van der Waals surface area contributed by atoms with E-state index in [0.717, 1.165) is 0 Å². The summed E-state index contributed by atoms with van der Waals surface area (Å²) in [7, 11) is 0. The number of carboxylic acid groups (broad SMARTS) is 1. The molecule has 0 radical (unpaired) electrons. The van der Waals surface area contributed by atoms with Crippen molar-refractivity contribution in [3.63, 3.8) is 0 Å². The third-order valence-corrected chi connectivity index (χ3v) is 5.04. The second-order valence-corrected chi connectivity index (χ2v) is 8.51. The first-order chi connectivity index (χ1) is 16.7. The van der Waals surface area contributed by atoms with Crippen molar-refractivity contribution in [1.29, 1.82) is 0 Å². The van der Waals surface area contributed by atoms with Gasteiger partial charge in [0.15, 0.2) is 0 Å². The number of phenolic OH excluding ortho intramolecular Hbond substituents is 1. The summed E-state index contributed by atoms with van der Waals surface area (Å²) in [5.41, 5.74) is 16.4. The Morgan fingerprint density at radius 1 is 0.806 bits per heavy atom. The van der Waals surface area contributed by atoms with Gasteiger partial charge in [0.1, 0.15) is 23.9 Å². The van der Waals surface area contributed by atoms with E-state index in [4.69, 9.17) is 17.2 Å². The molecular weight excluding hydrogens is 476 g/mol. The Bertz CT molecular complexity index is 981. The smallest absolute Gasteiger partial charge is 0.326 e. The number of hydrogen-bond donors (Lipinski definition) is 8. The summed E-state index contributed by atoms with van der Waals surface area (Å²) in [5.74, 6) is -6.42. The lowest BCUT2D eigenvalue weighted by Gasteiger charge is -2.25. The van der Waals surface area contributed by atoms with Gasteiger partial charge in [0.25, 0.3) is 0 Å². The summed E-state index contributed by atoms with van der Waals surface area (Å²) < 4.78 is 0. The number of rotatable bonds is 14. The molecule has 0 aliphatic heterocycles. The molecule has 0 saturated heterocycles. The average Bonchev–Trinajstić information content (AvgIpc) is 2.76. The molecule has 0 saturated carbocycles. The lowest BCUT2D eigenvalue weighted by atomic mass is 10.0. The lowest BCUT2D eigenvalue weighted by Crippen LogP contribution is -2.58. The maximum absolute atomic E-state index is 13.1. The van der Waals surface area contributed by atoms with Crippen LogP contribution in [0.2, 0.25) is 0 Å². The molecule has 0 spiro atoms. The van der Waals surface area contributed by atoms with E-state index in [1.807, 2.05) is 0 Å². The van der Waals surface area contributed by atoms with Crippen molar-refractivity contribution < 1.29 is 39.0 Å². The fourth-order valence-electron chi connectivity index (χ4n) is 3.12. The highest BCUT2D eigenvalue weighted by molar-refractivity contribution is 5.96. The third-order valence-electron chi connectivity index (χ3n) is 5.04. The molecule has 0 aromatic heterocycles. The van der Waals surface area contributed by atoms with Crippen molar-refractivity contribution in [3.8, 4) is 5.75 Å². The van der Waals surface area contributed by atoms with Crippen LogP contribution >= 0.6 is 0 Å². The summed E-state index contributed by atoms with van der Waals surface area (Å²) in [6.45, 7) is 3.11. The maximum Gasteiger partial charge on any atom is 0.326 e. The Balaban J connectivity index is 3.16. The Labute approximate surface area is 206 Å². The third kappa shape index (κ3) is 9.97. The summed E-state index contributed by atoms with van der Waals surface area (Å²) in [4.78, 5) is 72.3. The summed E-state index contributed by atoms with van der Waals surface area (Å²) in [6, 6.07) is 0.128. The monoisotopic (exact) mass is 508 g/mol. The highest BCUT2D eigenvalue weighted by atomic mass is 16.4. The molecule has 14 heteroatoms. The zero-order valence-corrected chi connectivity index (χ0v) is 19.9. The first kappa shape index (κ1) is 29.8. The van der Waals surface area contributed by atoms with Crippen LogP contribution in [0.25, 0.3) is 0 Å². The highest BCUT2D eigenvalue weighted by Gasteiger charge is 2.32. The molecule has 1 rings (SSSR count). The number of aliphatic carboxylic acids is 1. The van der Waals surface area contributed by atoms with Gasteiger partial charge in [-0.25, -0.2) is 4.79 Å². The number of nitrogens with two attached hydrogens (primary N) is 3. The van der Waals surface area contributed by atoms with Crippen LogP contribution < -0.4 is 33.2 Å². The van der Waals surface area contributed by atoms with E-state index >= 15 is 0 Å². The van der Waals surface area contributed by atoms with Crippen LogP contribution in [0.1, 0.15) is 32.3 Å². The van der Waals surface area contributed by atoms with Gasteiger partial charge in [0.05, 0.1) is 18.9 Å². The quantitative estimate of drug-likeness (QED) is 0.129. The van der Waals surface area contributed by atoms with Gasteiger partial charge < -0.3 is 43.4 Å². The predicted molar refractivity (Wildman–Crippen MR) is 126 cm³/mol. The van der Waals surface area contributed by atoms with Crippen molar-refractivity contribution in [2.24, 2.45) is 23.1 Å². The fourth-order valence-corrected chi connectivity index (χ4v) is 3.12. The number of aromatic hydroxyl groups is 1. The molecule has 1 aromatic carbocycles. The average molecular weight is 509 g/mol. The first-order valence-electron chi connectivity index (χ1n) is 10.9. The van der Waals surface area contributed by atoms with Gasteiger partial charge >= 0.3 is 5.97 Å². The molecule has 4 atom stereocenters. The molecule has 0 aliphatic carbocycles. The number of benzene rings is 1. The molecule has 0 heterocycles. The molecule has 36 heavy (non-hydrogen) atoms. The summed E-state index contributed by atoms with van der Waals surface area (Å²) in [5, 5.41) is 25.7. The maximum atomic E-state index is 13.1. The van der Waals surface area contributed by atoms with Crippen LogP contribution in [0.3, 0.4) is 0 Å². The number of carbonyl (C=O) groups excluding carboxylic acids is 5. The minimum atomic E-state index is -1.55. The van der Waals surface area contributed by atoms with Crippen molar-refractivity contribution >= 4 is 35.5 Å². The number of hydrogen-bond acceptors (Lipinski definition) is 8. The molecule has 1 aromatic rings. The normalized spacial score (nSPS) is 14.1. The standard InChI is InChI=1S/C22H32N6O8/c1-10(2)18(22(35)36)28-21(34)15(9-17(25)31)27-20(33)14(7-11-3-5-12(29)6-4-11)26-19(32)13(23)8-16(24)30/h3-6,10,13-15,18,29H,7-9,23H2,1-2H3,(H2,24,30)(H2,25,31)(H,26,32)(H,27,33)(H,28,34)(H,35,36). The van der Waals surface area contributed by atoms with Crippen molar-refractivity contribution in [3.05, 3.63) is 29.8 Å². The second kappa shape index (κ2) is 13.6. The van der Waals surface area contributed by atoms with Crippen molar-refractivity contribution in [2.75, 3.05) is 0 Å². The Morgan fingerprint density at radius 3 is 1.78 bits per heavy atom. The largest absolute Gasteiger partial charge is 0.508 e. The number of phenols is 1. The first-order valence-corrected chi connectivity index (χ1v) is 10.9. The van der Waals surface area contributed by atoms with E-state index in [9.17, 15) is 39.0 Å². The van der Waals surface area contributed by atoms with Gasteiger partial charge in [0.2, 0.25) is 29.5 Å². The molecule has 14 nitrogen and oxygen atoms in total. The van der Waals surface area contributed by atoms with E-state index < -0.39 is 78.4 Å². The van der Waals surface area contributed by atoms with Crippen molar-refractivity contribution in [1.82, 2.24) is 16.0 Å². The topological polar surface area (TPSA) is 257 Å². The number of carboxylic acids is 1. The minimum Gasteiger partial charge on any atom is -0.508 e. The Kier molecular flexibility index (Phi) is 11.3. The number of nitrogens with one attached hydrogen (secondary N) is 3. The highest BCUT2D eigenvalue weighted by Crippen LogP contribution is 2.12. The number of carbonyl (C=O) groups is 6. The van der Waals surface area contributed by atoms with Gasteiger partial charge in [-0.3, -0.25) is 24.0 Å². The molecule has 11 N–H and O–H groups in total. The molecular formula is C22H32N6O8. The van der Waals surface area contributed by atoms with E-state index in [1.165, 1.54) is 24.3 Å². The molecule has 5 amide bonds. The molecule has 0 fully saturated rings. The fraction of sp³-hybridized carbons (Fsp3) is 0.455. The van der Waals surface area contributed by atoms with E-state index in [2.05, 4.69) is 16.0 Å². The van der Waals surface area contributed by atoms with Gasteiger partial charge in [-0.1, -0.05) is 26.0 Å². The lowest BCUT2D eigenvalue weighted by molar-refractivity contribution is -0.143.